The molecule has 78 valence electrons. The van der Waals surface area contributed by atoms with Gasteiger partial charge >= 0.3 is 0 Å². The molecule has 1 aromatic rings. The molecule has 1 amide bonds. The predicted molar refractivity (Wildman–Crippen MR) is 53.7 cm³/mol. The van der Waals surface area contributed by atoms with Crippen molar-refractivity contribution in [3.05, 3.63) is 18.0 Å². The molecule has 2 N–H and O–H groups in total. The van der Waals surface area contributed by atoms with Gasteiger partial charge in [-0.1, -0.05) is 0 Å². The molecule has 14 heavy (non-hydrogen) atoms. The van der Waals surface area contributed by atoms with Crippen LogP contribution in [0.15, 0.2) is 12.4 Å². The van der Waals surface area contributed by atoms with Crippen LogP contribution in [0.1, 0.15) is 5.56 Å². The fourth-order valence-corrected chi connectivity index (χ4v) is 1.07. The molecule has 0 radical (unpaired) electrons. The first-order chi connectivity index (χ1) is 6.63. The van der Waals surface area contributed by atoms with Gasteiger partial charge in [-0.15, -0.1) is 0 Å². The molecule has 5 nitrogen and oxygen atoms in total. The first-order valence-electron chi connectivity index (χ1n) is 4.55. The molecular formula is C9H16N4O. The van der Waals surface area contributed by atoms with Crippen LogP contribution in [0.3, 0.4) is 0 Å². The van der Waals surface area contributed by atoms with Crippen LogP contribution >= 0.6 is 0 Å². The summed E-state index contributed by atoms with van der Waals surface area (Å²) < 4.78 is 1.63. The summed E-state index contributed by atoms with van der Waals surface area (Å²) in [5.74, 6) is 0.0346. The Hall–Kier alpha value is -1.36. The second-order valence-electron chi connectivity index (χ2n) is 3.37. The van der Waals surface area contributed by atoms with Crippen LogP contribution in [-0.4, -0.2) is 41.2 Å². The zero-order chi connectivity index (χ0) is 10.6. The summed E-state index contributed by atoms with van der Waals surface area (Å²) in [7, 11) is 3.46. The Bertz CT molecular complexity index is 306. The molecule has 0 saturated carbocycles. The zero-order valence-electron chi connectivity index (χ0n) is 8.60. The van der Waals surface area contributed by atoms with Gasteiger partial charge in [0.15, 0.2) is 0 Å². The van der Waals surface area contributed by atoms with E-state index < -0.39 is 0 Å². The fourth-order valence-electron chi connectivity index (χ4n) is 1.07. The van der Waals surface area contributed by atoms with Crippen LogP contribution in [0.25, 0.3) is 0 Å². The SMILES string of the molecule is CN(C)C(=O)Cn1cc(CCN)cn1. The minimum Gasteiger partial charge on any atom is -0.347 e. The van der Waals surface area contributed by atoms with Gasteiger partial charge in [-0.3, -0.25) is 9.48 Å². The van der Waals surface area contributed by atoms with Crippen molar-refractivity contribution in [1.82, 2.24) is 14.7 Å². The smallest absolute Gasteiger partial charge is 0.243 e. The van der Waals surface area contributed by atoms with E-state index in [2.05, 4.69) is 5.10 Å². The third kappa shape index (κ3) is 2.85. The molecule has 5 heteroatoms. The van der Waals surface area contributed by atoms with Crippen molar-refractivity contribution in [2.45, 2.75) is 13.0 Å². The van der Waals surface area contributed by atoms with E-state index in [0.717, 1.165) is 12.0 Å². The average molecular weight is 196 g/mol. The molecule has 0 aliphatic carbocycles. The molecule has 1 aromatic heterocycles. The van der Waals surface area contributed by atoms with Crippen LogP contribution in [0.2, 0.25) is 0 Å². The normalized spacial score (nSPS) is 10.2. The van der Waals surface area contributed by atoms with Crippen LogP contribution in [0.4, 0.5) is 0 Å². The van der Waals surface area contributed by atoms with Gasteiger partial charge in [0.25, 0.3) is 0 Å². The number of likely N-dealkylation sites (N-methyl/N-ethyl adjacent to an activating group) is 1. The lowest BCUT2D eigenvalue weighted by molar-refractivity contribution is -0.129. The van der Waals surface area contributed by atoms with Crippen LogP contribution < -0.4 is 5.73 Å². The van der Waals surface area contributed by atoms with Crippen LogP contribution in [0.5, 0.6) is 0 Å². The third-order valence-electron chi connectivity index (χ3n) is 1.92. The first-order valence-corrected chi connectivity index (χ1v) is 4.55. The molecule has 0 aliphatic rings. The summed E-state index contributed by atoms with van der Waals surface area (Å²) in [6.45, 7) is 0.894. The highest BCUT2D eigenvalue weighted by atomic mass is 16.2. The van der Waals surface area contributed by atoms with E-state index in [-0.39, 0.29) is 12.5 Å². The third-order valence-corrected chi connectivity index (χ3v) is 1.92. The van der Waals surface area contributed by atoms with E-state index in [1.54, 1.807) is 29.9 Å². The van der Waals surface area contributed by atoms with Gasteiger partial charge in [-0.05, 0) is 18.5 Å². The van der Waals surface area contributed by atoms with Crippen molar-refractivity contribution in [3.63, 3.8) is 0 Å². The Morgan fingerprint density at radius 1 is 1.64 bits per heavy atom. The van der Waals surface area contributed by atoms with Gasteiger partial charge in [0.05, 0.1) is 6.20 Å². The zero-order valence-corrected chi connectivity index (χ0v) is 8.60. The maximum Gasteiger partial charge on any atom is 0.243 e. The quantitative estimate of drug-likeness (QED) is 0.704. The Kier molecular flexibility index (Phi) is 3.64. The van der Waals surface area contributed by atoms with E-state index in [0.29, 0.717) is 6.54 Å². The molecule has 0 bridgehead atoms. The maximum absolute atomic E-state index is 11.3. The maximum atomic E-state index is 11.3. The molecule has 1 heterocycles. The first kappa shape index (κ1) is 10.7. The van der Waals surface area contributed by atoms with Crippen molar-refractivity contribution in [2.75, 3.05) is 20.6 Å². The topological polar surface area (TPSA) is 64.2 Å². The minimum atomic E-state index is 0.0346. The summed E-state index contributed by atoms with van der Waals surface area (Å²) in [5.41, 5.74) is 6.48. The summed E-state index contributed by atoms with van der Waals surface area (Å²) >= 11 is 0. The monoisotopic (exact) mass is 196 g/mol. The molecule has 1 rings (SSSR count). The number of hydrogen-bond acceptors (Lipinski definition) is 3. The van der Waals surface area contributed by atoms with E-state index >= 15 is 0 Å². The molecule has 0 fully saturated rings. The molecule has 0 atom stereocenters. The van der Waals surface area contributed by atoms with Crippen molar-refractivity contribution < 1.29 is 4.79 Å². The Morgan fingerprint density at radius 3 is 2.93 bits per heavy atom. The summed E-state index contributed by atoms with van der Waals surface area (Å²) in [5, 5.41) is 4.07. The van der Waals surface area contributed by atoms with Crippen molar-refractivity contribution in [3.8, 4) is 0 Å². The van der Waals surface area contributed by atoms with Gasteiger partial charge in [0, 0.05) is 20.3 Å². The largest absolute Gasteiger partial charge is 0.347 e. The van der Waals surface area contributed by atoms with Gasteiger partial charge in [0.2, 0.25) is 5.91 Å². The molecule has 0 spiro atoms. The molecule has 0 aromatic carbocycles. The van der Waals surface area contributed by atoms with Gasteiger partial charge in [-0.2, -0.15) is 5.10 Å². The van der Waals surface area contributed by atoms with Gasteiger partial charge in [0.1, 0.15) is 6.54 Å². The average Bonchev–Trinajstić information content (AvgIpc) is 2.53. The predicted octanol–water partition coefficient (Wildman–Crippen LogP) is -0.527. The standard InChI is InChI=1S/C9H16N4O/c1-12(2)9(14)7-13-6-8(3-4-10)5-11-13/h5-6H,3-4,7,10H2,1-2H3. The molecule has 0 aliphatic heterocycles. The number of aromatic nitrogens is 2. The summed E-state index contributed by atoms with van der Waals surface area (Å²) in [6.07, 6.45) is 4.40. The second-order valence-corrected chi connectivity index (χ2v) is 3.37. The fraction of sp³-hybridized carbons (Fsp3) is 0.556. The lowest BCUT2D eigenvalue weighted by Crippen LogP contribution is -2.26. The number of amides is 1. The number of hydrogen-bond donors (Lipinski definition) is 1. The number of nitrogens with two attached hydrogens (primary N) is 1. The minimum absolute atomic E-state index is 0.0346. The van der Waals surface area contributed by atoms with Gasteiger partial charge < -0.3 is 10.6 Å². The Morgan fingerprint density at radius 2 is 2.36 bits per heavy atom. The van der Waals surface area contributed by atoms with E-state index in [1.807, 2.05) is 6.20 Å². The lowest BCUT2D eigenvalue weighted by atomic mass is 10.3. The number of carbonyl (C=O) groups is 1. The van der Waals surface area contributed by atoms with Gasteiger partial charge in [-0.25, -0.2) is 0 Å². The number of rotatable bonds is 4. The molecular weight excluding hydrogens is 180 g/mol. The van der Waals surface area contributed by atoms with Crippen molar-refractivity contribution in [1.29, 1.82) is 0 Å². The van der Waals surface area contributed by atoms with Crippen LogP contribution in [0, 0.1) is 0 Å². The highest BCUT2D eigenvalue weighted by molar-refractivity contribution is 5.75. The van der Waals surface area contributed by atoms with E-state index in [1.165, 1.54) is 0 Å². The highest BCUT2D eigenvalue weighted by Crippen LogP contribution is 1.98. The molecule has 0 saturated heterocycles. The van der Waals surface area contributed by atoms with Crippen LogP contribution in [-0.2, 0) is 17.8 Å². The highest BCUT2D eigenvalue weighted by Gasteiger charge is 2.05. The van der Waals surface area contributed by atoms with E-state index in [4.69, 9.17) is 5.73 Å². The van der Waals surface area contributed by atoms with Crippen molar-refractivity contribution >= 4 is 5.91 Å². The Balaban J connectivity index is 2.55. The number of nitrogens with zero attached hydrogens (tertiary/aromatic N) is 3. The van der Waals surface area contributed by atoms with Crippen molar-refractivity contribution in [2.24, 2.45) is 5.73 Å². The van der Waals surface area contributed by atoms with E-state index in [9.17, 15) is 4.79 Å². The summed E-state index contributed by atoms with van der Waals surface area (Å²) in [6, 6.07) is 0. The Labute approximate surface area is 83.5 Å². The second kappa shape index (κ2) is 4.76. The lowest BCUT2D eigenvalue weighted by Gasteiger charge is -2.09. The molecule has 0 unspecified atom stereocenters. The summed E-state index contributed by atoms with van der Waals surface area (Å²) in [4.78, 5) is 12.9. The number of carbonyl (C=O) groups excluding carboxylic acids is 1.